The molecule has 102 valence electrons. The molecule has 0 aliphatic heterocycles. The van der Waals surface area contributed by atoms with Crippen molar-refractivity contribution in [3.05, 3.63) is 23.5 Å². The van der Waals surface area contributed by atoms with Gasteiger partial charge in [-0.2, -0.15) is 0 Å². The Morgan fingerprint density at radius 1 is 1.53 bits per heavy atom. The summed E-state index contributed by atoms with van der Waals surface area (Å²) in [5.41, 5.74) is 0.701. The lowest BCUT2D eigenvalue weighted by molar-refractivity contribution is -0.128. The van der Waals surface area contributed by atoms with Crippen LogP contribution in [0.15, 0.2) is 17.8 Å². The van der Waals surface area contributed by atoms with E-state index in [-0.39, 0.29) is 18.2 Å². The molecule has 0 saturated heterocycles. The lowest BCUT2D eigenvalue weighted by Gasteiger charge is -2.12. The van der Waals surface area contributed by atoms with E-state index in [4.69, 9.17) is 0 Å². The Hall–Kier alpha value is -1.89. The molecule has 7 heteroatoms. The molecule has 0 bridgehead atoms. The van der Waals surface area contributed by atoms with E-state index in [2.05, 4.69) is 15.6 Å². The fourth-order valence-electron chi connectivity index (χ4n) is 1.71. The molecule has 2 rings (SSSR count). The zero-order valence-corrected chi connectivity index (χ0v) is 11.7. The smallest absolute Gasteiger partial charge is 0.242 e. The van der Waals surface area contributed by atoms with Crippen molar-refractivity contribution in [3.63, 3.8) is 0 Å². The SMILES string of the molecule is CCNC(=O)C(C)NC(=O)Cc1cn2ccsc2n1. The van der Waals surface area contributed by atoms with Crippen molar-refractivity contribution in [1.82, 2.24) is 20.0 Å². The molecule has 2 amide bonds. The summed E-state index contributed by atoms with van der Waals surface area (Å²) < 4.78 is 1.88. The van der Waals surface area contributed by atoms with Crippen LogP contribution in [-0.4, -0.2) is 33.8 Å². The van der Waals surface area contributed by atoms with Crippen molar-refractivity contribution >= 4 is 28.1 Å². The van der Waals surface area contributed by atoms with E-state index < -0.39 is 6.04 Å². The summed E-state index contributed by atoms with van der Waals surface area (Å²) in [4.78, 5) is 28.5. The second kappa shape index (κ2) is 5.83. The minimum Gasteiger partial charge on any atom is -0.355 e. The number of amides is 2. The standard InChI is InChI=1S/C12H16N4O2S/c1-3-13-11(18)8(2)14-10(17)6-9-7-16-4-5-19-12(16)15-9/h4-5,7-8H,3,6H2,1-2H3,(H,13,18)(H,14,17). The first-order valence-corrected chi connectivity index (χ1v) is 6.96. The average molecular weight is 280 g/mol. The molecule has 0 fully saturated rings. The van der Waals surface area contributed by atoms with Crippen LogP contribution in [0.2, 0.25) is 0 Å². The van der Waals surface area contributed by atoms with Crippen LogP contribution in [0.3, 0.4) is 0 Å². The molecule has 2 heterocycles. The molecule has 19 heavy (non-hydrogen) atoms. The van der Waals surface area contributed by atoms with Gasteiger partial charge in [0.25, 0.3) is 0 Å². The number of aromatic nitrogens is 2. The average Bonchev–Trinajstić information content (AvgIpc) is 2.89. The number of hydrogen-bond donors (Lipinski definition) is 2. The Kier molecular flexibility index (Phi) is 4.16. The van der Waals surface area contributed by atoms with E-state index in [0.717, 1.165) is 4.96 Å². The predicted molar refractivity (Wildman–Crippen MR) is 73.1 cm³/mol. The van der Waals surface area contributed by atoms with Crippen molar-refractivity contribution in [3.8, 4) is 0 Å². The second-order valence-electron chi connectivity index (χ2n) is 4.19. The van der Waals surface area contributed by atoms with Crippen LogP contribution < -0.4 is 10.6 Å². The van der Waals surface area contributed by atoms with Crippen LogP contribution in [0.4, 0.5) is 0 Å². The third-order valence-corrected chi connectivity index (χ3v) is 3.38. The molecular weight excluding hydrogens is 264 g/mol. The summed E-state index contributed by atoms with van der Waals surface area (Å²) >= 11 is 1.52. The van der Waals surface area contributed by atoms with E-state index in [1.807, 2.05) is 29.1 Å². The number of carbonyl (C=O) groups is 2. The minimum absolute atomic E-state index is 0.179. The van der Waals surface area contributed by atoms with Crippen LogP contribution in [-0.2, 0) is 16.0 Å². The number of rotatable bonds is 5. The second-order valence-corrected chi connectivity index (χ2v) is 5.06. The van der Waals surface area contributed by atoms with Crippen molar-refractivity contribution in [2.45, 2.75) is 26.3 Å². The lowest BCUT2D eigenvalue weighted by atomic mass is 10.2. The number of nitrogens with zero attached hydrogens (tertiary/aromatic N) is 2. The van der Waals surface area contributed by atoms with Crippen molar-refractivity contribution in [2.24, 2.45) is 0 Å². The van der Waals surface area contributed by atoms with Crippen LogP contribution >= 0.6 is 11.3 Å². The van der Waals surface area contributed by atoms with Crippen LogP contribution in [0.5, 0.6) is 0 Å². The van der Waals surface area contributed by atoms with E-state index in [1.54, 1.807) is 6.92 Å². The zero-order chi connectivity index (χ0) is 13.8. The maximum absolute atomic E-state index is 11.8. The fraction of sp³-hybridized carbons (Fsp3) is 0.417. The number of nitrogens with one attached hydrogen (secondary N) is 2. The number of hydrogen-bond acceptors (Lipinski definition) is 4. The maximum atomic E-state index is 11.8. The molecule has 0 radical (unpaired) electrons. The molecular formula is C12H16N4O2S. The van der Waals surface area contributed by atoms with Crippen molar-refractivity contribution < 1.29 is 9.59 Å². The van der Waals surface area contributed by atoms with Crippen LogP contribution in [0.25, 0.3) is 4.96 Å². The van der Waals surface area contributed by atoms with Gasteiger partial charge < -0.3 is 10.6 Å². The maximum Gasteiger partial charge on any atom is 0.242 e. The quantitative estimate of drug-likeness (QED) is 0.841. The van der Waals surface area contributed by atoms with Gasteiger partial charge in [0, 0.05) is 24.3 Å². The summed E-state index contributed by atoms with van der Waals surface area (Å²) in [7, 11) is 0. The summed E-state index contributed by atoms with van der Waals surface area (Å²) in [6.07, 6.45) is 3.89. The van der Waals surface area contributed by atoms with E-state index in [1.165, 1.54) is 11.3 Å². The molecule has 1 unspecified atom stereocenters. The van der Waals surface area contributed by atoms with Gasteiger partial charge in [-0.15, -0.1) is 11.3 Å². The highest BCUT2D eigenvalue weighted by atomic mass is 32.1. The van der Waals surface area contributed by atoms with Gasteiger partial charge in [-0.3, -0.25) is 14.0 Å². The summed E-state index contributed by atoms with van der Waals surface area (Å²) in [5, 5.41) is 7.25. The van der Waals surface area contributed by atoms with Crippen LogP contribution in [0.1, 0.15) is 19.5 Å². The molecule has 1 atom stereocenters. The normalized spacial score (nSPS) is 12.3. The van der Waals surface area contributed by atoms with Gasteiger partial charge in [-0.05, 0) is 13.8 Å². The van der Waals surface area contributed by atoms with Gasteiger partial charge in [0.2, 0.25) is 11.8 Å². The Morgan fingerprint density at radius 2 is 2.32 bits per heavy atom. The molecule has 0 aromatic carbocycles. The van der Waals surface area contributed by atoms with Crippen molar-refractivity contribution in [1.29, 1.82) is 0 Å². The summed E-state index contributed by atoms with van der Waals surface area (Å²) in [6, 6.07) is -0.531. The molecule has 0 saturated carbocycles. The number of imidazole rings is 1. The monoisotopic (exact) mass is 280 g/mol. The predicted octanol–water partition coefficient (Wildman–Crippen LogP) is 0.579. The first-order valence-electron chi connectivity index (χ1n) is 6.08. The first kappa shape index (κ1) is 13.5. The van der Waals surface area contributed by atoms with Gasteiger partial charge in [-0.1, -0.05) is 0 Å². The van der Waals surface area contributed by atoms with E-state index in [0.29, 0.717) is 12.2 Å². The van der Waals surface area contributed by atoms with Gasteiger partial charge >= 0.3 is 0 Å². The largest absolute Gasteiger partial charge is 0.355 e. The Labute approximate surface area is 114 Å². The molecule has 2 N–H and O–H groups in total. The third-order valence-electron chi connectivity index (χ3n) is 2.61. The molecule has 2 aromatic heterocycles. The summed E-state index contributed by atoms with van der Waals surface area (Å²) in [6.45, 7) is 4.05. The Morgan fingerprint density at radius 3 is 3.00 bits per heavy atom. The Bertz CT molecular complexity index is 561. The zero-order valence-electron chi connectivity index (χ0n) is 10.8. The fourth-order valence-corrected chi connectivity index (χ4v) is 2.43. The first-order chi connectivity index (χ1) is 9.10. The topological polar surface area (TPSA) is 75.5 Å². The number of fused-ring (bicyclic) bond motifs is 1. The van der Waals surface area contributed by atoms with E-state index >= 15 is 0 Å². The number of thiazole rings is 1. The molecule has 0 aliphatic carbocycles. The van der Waals surface area contributed by atoms with Gasteiger partial charge in [-0.25, -0.2) is 4.98 Å². The minimum atomic E-state index is -0.531. The highest BCUT2D eigenvalue weighted by molar-refractivity contribution is 7.15. The number of carbonyl (C=O) groups excluding carboxylic acids is 2. The number of likely N-dealkylation sites (N-methyl/N-ethyl adjacent to an activating group) is 1. The third kappa shape index (κ3) is 3.31. The lowest BCUT2D eigenvalue weighted by Crippen LogP contribution is -2.45. The summed E-state index contributed by atoms with van der Waals surface area (Å²) in [5.74, 6) is -0.383. The van der Waals surface area contributed by atoms with Gasteiger partial charge in [0.1, 0.15) is 6.04 Å². The van der Waals surface area contributed by atoms with Gasteiger partial charge in [0.15, 0.2) is 4.96 Å². The highest BCUT2D eigenvalue weighted by Crippen LogP contribution is 2.11. The molecule has 2 aromatic rings. The Balaban J connectivity index is 1.90. The van der Waals surface area contributed by atoms with E-state index in [9.17, 15) is 9.59 Å². The molecule has 0 aliphatic rings. The highest BCUT2D eigenvalue weighted by Gasteiger charge is 2.15. The van der Waals surface area contributed by atoms with Crippen LogP contribution in [0, 0.1) is 0 Å². The van der Waals surface area contributed by atoms with Gasteiger partial charge in [0.05, 0.1) is 12.1 Å². The molecule has 0 spiro atoms. The molecule has 6 nitrogen and oxygen atoms in total. The van der Waals surface area contributed by atoms with Crippen molar-refractivity contribution in [2.75, 3.05) is 6.54 Å².